The second-order valence-electron chi connectivity index (χ2n) is 7.12. The van der Waals surface area contributed by atoms with Crippen molar-refractivity contribution in [3.63, 3.8) is 0 Å². The summed E-state index contributed by atoms with van der Waals surface area (Å²) in [6.45, 7) is 5.24. The Labute approximate surface area is 175 Å². The summed E-state index contributed by atoms with van der Waals surface area (Å²) in [7, 11) is -3.98. The summed E-state index contributed by atoms with van der Waals surface area (Å²) in [6.07, 6.45) is 5.64. The maximum atomic E-state index is 13.2. The smallest absolute Gasteiger partial charge is 0.259 e. The van der Waals surface area contributed by atoms with Gasteiger partial charge in [0, 0.05) is 31.0 Å². The van der Waals surface area contributed by atoms with Crippen LogP contribution in [0.25, 0.3) is 0 Å². The Morgan fingerprint density at radius 2 is 1.86 bits per heavy atom. The second kappa shape index (κ2) is 8.64. The number of carbonyl (C=O) groups is 1. The molecule has 1 aliphatic rings. The van der Waals surface area contributed by atoms with Crippen molar-refractivity contribution in [1.82, 2.24) is 9.97 Å². The summed E-state index contributed by atoms with van der Waals surface area (Å²) >= 11 is 6.39. The topological polar surface area (TPSA) is 118 Å². The normalized spacial score (nSPS) is 15.1. The van der Waals surface area contributed by atoms with Crippen LogP contribution in [0.5, 0.6) is 0 Å². The van der Waals surface area contributed by atoms with Crippen LogP contribution < -0.4 is 15.4 Å². The Kier molecular flexibility index (Phi) is 6.40. The fraction of sp³-hybridized carbons (Fsp3) is 0.421. The first-order valence-corrected chi connectivity index (χ1v) is 11.3. The number of nitrogens with two attached hydrogens (primary N) is 1. The summed E-state index contributed by atoms with van der Waals surface area (Å²) in [5.41, 5.74) is 1.96. The number of sulfonamides is 1. The van der Waals surface area contributed by atoms with E-state index in [4.69, 9.17) is 16.7 Å². The summed E-state index contributed by atoms with van der Waals surface area (Å²) in [5, 5.41) is 7.98. The average molecular weight is 438 g/mol. The summed E-state index contributed by atoms with van der Waals surface area (Å²) in [5.74, 6) is 0.187. The zero-order chi connectivity index (χ0) is 21.2. The Bertz CT molecular complexity index is 1030. The number of aromatic nitrogens is 2. The summed E-state index contributed by atoms with van der Waals surface area (Å²) < 4.78 is 23.1. The maximum absolute atomic E-state index is 13.2. The molecule has 8 nitrogen and oxygen atoms in total. The van der Waals surface area contributed by atoms with Gasteiger partial charge in [-0.2, -0.15) is 0 Å². The molecule has 1 amide bonds. The predicted molar refractivity (Wildman–Crippen MR) is 113 cm³/mol. The Morgan fingerprint density at radius 1 is 1.21 bits per heavy atom. The van der Waals surface area contributed by atoms with E-state index in [0.717, 1.165) is 38.8 Å². The molecule has 0 radical (unpaired) electrons. The van der Waals surface area contributed by atoms with Gasteiger partial charge in [0.2, 0.25) is 0 Å². The molecule has 2 aromatic rings. The number of hydrogen-bond acceptors (Lipinski definition) is 6. The highest BCUT2D eigenvalue weighted by Gasteiger charge is 2.25. The molecule has 3 rings (SSSR count). The first-order chi connectivity index (χ1) is 13.7. The first-order valence-electron chi connectivity index (χ1n) is 9.40. The Hall–Kier alpha value is -2.23. The highest BCUT2D eigenvalue weighted by Crippen LogP contribution is 2.31. The molecule has 1 fully saturated rings. The van der Waals surface area contributed by atoms with Crippen molar-refractivity contribution in [3.8, 4) is 0 Å². The number of primary sulfonamides is 1. The van der Waals surface area contributed by atoms with Gasteiger partial charge in [0.1, 0.15) is 5.82 Å². The zero-order valence-electron chi connectivity index (χ0n) is 16.4. The van der Waals surface area contributed by atoms with Crippen molar-refractivity contribution >= 4 is 39.0 Å². The number of aryl methyl sites for hydroxylation is 1. The number of rotatable bonds is 4. The standard InChI is InChI=1S/C19H24ClN5O3S/c1-12-16(19(26)24-14-7-8-22-15(11-14)29(21,27)28)18(23-13(2)17(12)20)25-9-5-3-4-6-10-25/h7-8,11H,3-6,9-10H2,1-2H3,(H2,21,27,28)(H,22,24,26). The molecular formula is C19H24ClN5O3S. The highest BCUT2D eigenvalue weighted by atomic mass is 35.5. The minimum Gasteiger partial charge on any atom is -0.356 e. The summed E-state index contributed by atoms with van der Waals surface area (Å²) in [6, 6.07) is 2.72. The SMILES string of the molecule is Cc1nc(N2CCCCCC2)c(C(=O)Nc2ccnc(S(N)(=O)=O)c2)c(C)c1Cl. The molecule has 10 heteroatoms. The van der Waals surface area contributed by atoms with E-state index in [1.807, 2.05) is 6.92 Å². The molecule has 3 heterocycles. The number of halogens is 1. The van der Waals surface area contributed by atoms with Crippen LogP contribution in [-0.2, 0) is 10.0 Å². The third kappa shape index (κ3) is 4.85. The van der Waals surface area contributed by atoms with Crippen LogP contribution in [0.1, 0.15) is 47.3 Å². The lowest BCUT2D eigenvalue weighted by Gasteiger charge is -2.26. The minimum atomic E-state index is -3.98. The van der Waals surface area contributed by atoms with Gasteiger partial charge < -0.3 is 10.2 Å². The van der Waals surface area contributed by atoms with Crippen LogP contribution >= 0.6 is 11.6 Å². The molecule has 3 N–H and O–H groups in total. The average Bonchev–Trinajstić information content (AvgIpc) is 2.94. The Balaban J connectivity index is 2.00. The van der Waals surface area contributed by atoms with E-state index in [1.54, 1.807) is 6.92 Å². The van der Waals surface area contributed by atoms with Crippen molar-refractivity contribution in [2.24, 2.45) is 5.14 Å². The molecule has 0 spiro atoms. The lowest BCUT2D eigenvalue weighted by atomic mass is 10.1. The molecule has 156 valence electrons. The molecule has 0 aromatic carbocycles. The van der Waals surface area contributed by atoms with Gasteiger partial charge in [0.25, 0.3) is 15.9 Å². The molecule has 0 bridgehead atoms. The van der Waals surface area contributed by atoms with Gasteiger partial charge >= 0.3 is 0 Å². The van der Waals surface area contributed by atoms with Gasteiger partial charge in [-0.1, -0.05) is 24.4 Å². The molecule has 29 heavy (non-hydrogen) atoms. The van der Waals surface area contributed by atoms with E-state index in [9.17, 15) is 13.2 Å². The van der Waals surface area contributed by atoms with Crippen LogP contribution in [0.2, 0.25) is 5.02 Å². The quantitative estimate of drug-likeness (QED) is 0.758. The fourth-order valence-electron chi connectivity index (χ4n) is 3.43. The molecule has 2 aromatic heterocycles. The number of pyridine rings is 2. The number of amides is 1. The second-order valence-corrected chi connectivity index (χ2v) is 9.00. The van der Waals surface area contributed by atoms with E-state index in [2.05, 4.69) is 20.2 Å². The van der Waals surface area contributed by atoms with E-state index in [0.29, 0.717) is 27.7 Å². The van der Waals surface area contributed by atoms with Crippen LogP contribution in [0, 0.1) is 13.8 Å². The largest absolute Gasteiger partial charge is 0.356 e. The molecule has 1 aliphatic heterocycles. The summed E-state index contributed by atoms with van der Waals surface area (Å²) in [4.78, 5) is 23.6. The van der Waals surface area contributed by atoms with E-state index in [-0.39, 0.29) is 10.7 Å². The van der Waals surface area contributed by atoms with Gasteiger partial charge in [-0.25, -0.2) is 23.5 Å². The predicted octanol–water partition coefficient (Wildman–Crippen LogP) is 3.03. The van der Waals surface area contributed by atoms with Gasteiger partial charge in [0.15, 0.2) is 5.03 Å². The molecule has 0 atom stereocenters. The number of hydrogen-bond donors (Lipinski definition) is 2. The van der Waals surface area contributed by atoms with Crippen molar-refractivity contribution in [3.05, 3.63) is 40.2 Å². The van der Waals surface area contributed by atoms with Gasteiger partial charge in [-0.15, -0.1) is 0 Å². The van der Waals surface area contributed by atoms with Gasteiger partial charge in [0.05, 0.1) is 16.3 Å². The van der Waals surface area contributed by atoms with Crippen molar-refractivity contribution < 1.29 is 13.2 Å². The maximum Gasteiger partial charge on any atom is 0.259 e. The lowest BCUT2D eigenvalue weighted by molar-refractivity contribution is 0.102. The van der Waals surface area contributed by atoms with Crippen LogP contribution in [0.3, 0.4) is 0 Å². The van der Waals surface area contributed by atoms with Crippen LogP contribution in [-0.4, -0.2) is 37.4 Å². The lowest BCUT2D eigenvalue weighted by Crippen LogP contribution is -2.29. The fourth-order valence-corrected chi connectivity index (χ4v) is 4.07. The molecule has 1 saturated heterocycles. The Morgan fingerprint density at radius 3 is 2.48 bits per heavy atom. The molecule has 0 unspecified atom stereocenters. The molecule has 0 aliphatic carbocycles. The van der Waals surface area contributed by atoms with Gasteiger partial charge in [-0.3, -0.25) is 4.79 Å². The number of carbonyl (C=O) groups excluding carboxylic acids is 1. The third-order valence-corrected chi connectivity index (χ3v) is 6.30. The van der Waals surface area contributed by atoms with E-state index in [1.165, 1.54) is 18.3 Å². The zero-order valence-corrected chi connectivity index (χ0v) is 18.0. The van der Waals surface area contributed by atoms with E-state index < -0.39 is 15.9 Å². The molecular weight excluding hydrogens is 414 g/mol. The number of anilines is 2. The molecule has 0 saturated carbocycles. The van der Waals surface area contributed by atoms with Gasteiger partial charge in [-0.05, 0) is 38.3 Å². The number of nitrogens with one attached hydrogen (secondary N) is 1. The van der Waals surface area contributed by atoms with Crippen LogP contribution in [0.15, 0.2) is 23.4 Å². The first kappa shape index (κ1) is 21.5. The van der Waals surface area contributed by atoms with E-state index >= 15 is 0 Å². The monoisotopic (exact) mass is 437 g/mol. The number of nitrogens with zero attached hydrogens (tertiary/aromatic N) is 3. The highest BCUT2D eigenvalue weighted by molar-refractivity contribution is 7.89. The van der Waals surface area contributed by atoms with Crippen molar-refractivity contribution in [2.75, 3.05) is 23.3 Å². The minimum absolute atomic E-state index is 0.270. The van der Waals surface area contributed by atoms with Crippen molar-refractivity contribution in [2.45, 2.75) is 44.6 Å². The van der Waals surface area contributed by atoms with Crippen LogP contribution in [0.4, 0.5) is 11.5 Å². The third-order valence-electron chi connectivity index (χ3n) is 4.94. The van der Waals surface area contributed by atoms with Crippen molar-refractivity contribution in [1.29, 1.82) is 0 Å².